The molecule has 0 aromatic rings. The standard InChI is InChI=1S/C29H53N3O4/c1-5-7-25-9-11-31(20-23(25)3)21-27(33)22-32-12-10-26(24(4)29(32)34)19-28(8-6-2)36-18-15-30-13-16-35-17-14-30/h23-26,28H,5-22H2,1-4H3. The normalized spacial score (nSPS) is 29.4. The van der Waals surface area contributed by atoms with Gasteiger partial charge in [0.2, 0.25) is 5.91 Å². The van der Waals surface area contributed by atoms with Crippen molar-refractivity contribution in [3.8, 4) is 0 Å². The van der Waals surface area contributed by atoms with Crippen molar-refractivity contribution in [1.82, 2.24) is 14.7 Å². The Hall–Kier alpha value is -1.02. The van der Waals surface area contributed by atoms with Gasteiger partial charge in [-0.25, -0.2) is 0 Å². The number of hydrogen-bond donors (Lipinski definition) is 0. The van der Waals surface area contributed by atoms with Crippen molar-refractivity contribution in [2.45, 2.75) is 78.7 Å². The zero-order valence-electron chi connectivity index (χ0n) is 23.6. The fraction of sp³-hybridized carbons (Fsp3) is 0.931. The van der Waals surface area contributed by atoms with Gasteiger partial charge in [0.1, 0.15) is 0 Å². The average molecular weight is 508 g/mol. The summed E-state index contributed by atoms with van der Waals surface area (Å²) in [5.41, 5.74) is 0. The van der Waals surface area contributed by atoms with Gasteiger partial charge >= 0.3 is 0 Å². The molecule has 7 heteroatoms. The number of likely N-dealkylation sites (tertiary alicyclic amines) is 2. The number of carbonyl (C=O) groups is 2. The van der Waals surface area contributed by atoms with E-state index < -0.39 is 0 Å². The molecule has 3 rings (SSSR count). The lowest BCUT2D eigenvalue weighted by Crippen LogP contribution is -2.49. The highest BCUT2D eigenvalue weighted by molar-refractivity contribution is 5.88. The molecule has 0 aromatic carbocycles. The van der Waals surface area contributed by atoms with Gasteiger partial charge in [-0.3, -0.25) is 19.4 Å². The van der Waals surface area contributed by atoms with E-state index in [0.29, 0.717) is 24.9 Å². The highest BCUT2D eigenvalue weighted by Gasteiger charge is 2.36. The number of Topliss-reactive ketones (excluding diaryl/α,β-unsaturated/α-hetero) is 1. The Morgan fingerprint density at radius 3 is 2.44 bits per heavy atom. The van der Waals surface area contributed by atoms with Crippen LogP contribution in [0.5, 0.6) is 0 Å². The van der Waals surface area contributed by atoms with Gasteiger partial charge in [-0.05, 0) is 50.0 Å². The number of piperidine rings is 2. The molecule has 1 amide bonds. The van der Waals surface area contributed by atoms with Crippen LogP contribution in [0.25, 0.3) is 0 Å². The largest absolute Gasteiger partial charge is 0.379 e. The number of ether oxygens (including phenoxy) is 2. The maximum absolute atomic E-state index is 13.2. The maximum Gasteiger partial charge on any atom is 0.226 e. The van der Waals surface area contributed by atoms with E-state index >= 15 is 0 Å². The predicted octanol–water partition coefficient (Wildman–Crippen LogP) is 3.71. The summed E-state index contributed by atoms with van der Waals surface area (Å²) in [5.74, 6) is 2.07. The molecule has 3 aliphatic rings. The van der Waals surface area contributed by atoms with E-state index in [1.807, 2.05) is 4.90 Å². The van der Waals surface area contributed by atoms with E-state index in [1.165, 1.54) is 19.3 Å². The summed E-state index contributed by atoms with van der Waals surface area (Å²) in [4.78, 5) is 32.6. The molecule has 5 atom stereocenters. The minimum Gasteiger partial charge on any atom is -0.379 e. The number of rotatable bonds is 14. The van der Waals surface area contributed by atoms with Crippen LogP contribution in [0.15, 0.2) is 0 Å². The van der Waals surface area contributed by atoms with Crippen LogP contribution in [0.4, 0.5) is 0 Å². The second-order valence-electron chi connectivity index (χ2n) is 11.7. The SMILES string of the molecule is CCCC(CC1CCN(CC(=O)CN2CCC(CCC)C(C)C2)C(=O)C1C)OCCN1CCOCC1. The van der Waals surface area contributed by atoms with Gasteiger partial charge < -0.3 is 14.4 Å². The first kappa shape index (κ1) is 29.5. The summed E-state index contributed by atoms with van der Waals surface area (Å²) in [6.45, 7) is 17.6. The molecule has 5 unspecified atom stereocenters. The van der Waals surface area contributed by atoms with Crippen LogP contribution in [0.1, 0.15) is 72.6 Å². The van der Waals surface area contributed by atoms with Crippen molar-refractivity contribution in [1.29, 1.82) is 0 Å². The van der Waals surface area contributed by atoms with Crippen molar-refractivity contribution < 1.29 is 19.1 Å². The number of ketones is 1. The lowest BCUT2D eigenvalue weighted by molar-refractivity contribution is -0.144. The highest BCUT2D eigenvalue weighted by Crippen LogP contribution is 2.31. The Morgan fingerprint density at radius 2 is 1.75 bits per heavy atom. The first-order valence-corrected chi connectivity index (χ1v) is 14.9. The molecule has 7 nitrogen and oxygen atoms in total. The Kier molecular flexibility index (Phi) is 12.6. The zero-order chi connectivity index (χ0) is 25.9. The van der Waals surface area contributed by atoms with E-state index in [2.05, 4.69) is 37.5 Å². The lowest BCUT2D eigenvalue weighted by Gasteiger charge is -2.39. The Morgan fingerprint density at radius 1 is 1.00 bits per heavy atom. The second kappa shape index (κ2) is 15.4. The molecular weight excluding hydrogens is 454 g/mol. The van der Waals surface area contributed by atoms with Gasteiger partial charge in [0, 0.05) is 38.6 Å². The molecule has 0 N–H and O–H groups in total. The molecule has 3 fully saturated rings. The third-order valence-electron chi connectivity index (χ3n) is 8.81. The van der Waals surface area contributed by atoms with Crippen molar-refractivity contribution in [3.63, 3.8) is 0 Å². The summed E-state index contributed by atoms with van der Waals surface area (Å²) in [7, 11) is 0. The van der Waals surface area contributed by atoms with Crippen LogP contribution in [-0.2, 0) is 19.1 Å². The van der Waals surface area contributed by atoms with Gasteiger partial charge in [-0.15, -0.1) is 0 Å². The Bertz CT molecular complexity index is 669. The number of carbonyl (C=O) groups excluding carboxylic acids is 2. The van der Waals surface area contributed by atoms with Gasteiger partial charge in [-0.2, -0.15) is 0 Å². The minimum absolute atomic E-state index is 0.0430. The fourth-order valence-corrected chi connectivity index (χ4v) is 6.49. The van der Waals surface area contributed by atoms with Crippen molar-refractivity contribution >= 4 is 11.7 Å². The van der Waals surface area contributed by atoms with Crippen molar-refractivity contribution in [2.75, 3.05) is 72.2 Å². The molecule has 36 heavy (non-hydrogen) atoms. The molecule has 208 valence electrons. The smallest absolute Gasteiger partial charge is 0.226 e. The fourth-order valence-electron chi connectivity index (χ4n) is 6.49. The summed E-state index contributed by atoms with van der Waals surface area (Å²) in [5, 5.41) is 0. The minimum atomic E-state index is -0.0430. The Balaban J connectivity index is 1.40. The molecule has 3 saturated heterocycles. The molecule has 0 saturated carbocycles. The number of nitrogens with zero attached hydrogens (tertiary/aromatic N) is 3. The Labute approximate surface area is 220 Å². The van der Waals surface area contributed by atoms with E-state index in [4.69, 9.17) is 9.47 Å². The summed E-state index contributed by atoms with van der Waals surface area (Å²) < 4.78 is 11.7. The maximum atomic E-state index is 13.2. The summed E-state index contributed by atoms with van der Waals surface area (Å²) >= 11 is 0. The van der Waals surface area contributed by atoms with Crippen LogP contribution in [0.2, 0.25) is 0 Å². The van der Waals surface area contributed by atoms with Crippen molar-refractivity contribution in [3.05, 3.63) is 0 Å². The first-order chi connectivity index (χ1) is 17.4. The summed E-state index contributed by atoms with van der Waals surface area (Å²) in [6, 6.07) is 0. The molecule has 0 aromatic heterocycles. The molecular formula is C29H53N3O4. The number of hydrogen-bond acceptors (Lipinski definition) is 6. The average Bonchev–Trinajstić information content (AvgIpc) is 2.86. The van der Waals surface area contributed by atoms with Crippen LogP contribution in [0, 0.1) is 23.7 Å². The molecule has 0 aliphatic carbocycles. The molecule has 0 radical (unpaired) electrons. The van der Waals surface area contributed by atoms with E-state index in [-0.39, 0.29) is 30.3 Å². The van der Waals surface area contributed by atoms with E-state index in [0.717, 1.165) is 84.1 Å². The van der Waals surface area contributed by atoms with Gasteiger partial charge in [0.15, 0.2) is 5.78 Å². The number of morpholine rings is 1. The third-order valence-corrected chi connectivity index (χ3v) is 8.81. The van der Waals surface area contributed by atoms with Crippen LogP contribution < -0.4 is 0 Å². The molecule has 0 bridgehead atoms. The molecule has 3 aliphatic heterocycles. The van der Waals surface area contributed by atoms with Crippen LogP contribution in [0.3, 0.4) is 0 Å². The topological polar surface area (TPSA) is 62.3 Å². The van der Waals surface area contributed by atoms with E-state index in [9.17, 15) is 9.59 Å². The van der Waals surface area contributed by atoms with E-state index in [1.54, 1.807) is 0 Å². The summed E-state index contributed by atoms with van der Waals surface area (Å²) in [6.07, 6.45) is 7.97. The van der Waals surface area contributed by atoms with Crippen LogP contribution in [-0.4, -0.2) is 105 Å². The molecule has 0 spiro atoms. The highest BCUT2D eigenvalue weighted by atomic mass is 16.5. The third kappa shape index (κ3) is 9.07. The van der Waals surface area contributed by atoms with Gasteiger partial charge in [0.05, 0.1) is 39.0 Å². The van der Waals surface area contributed by atoms with Crippen LogP contribution >= 0.6 is 0 Å². The lowest BCUT2D eigenvalue weighted by atomic mass is 9.81. The number of amides is 1. The second-order valence-corrected chi connectivity index (χ2v) is 11.7. The molecule has 3 heterocycles. The van der Waals surface area contributed by atoms with Gasteiger partial charge in [0.25, 0.3) is 0 Å². The monoisotopic (exact) mass is 507 g/mol. The zero-order valence-corrected chi connectivity index (χ0v) is 23.6. The van der Waals surface area contributed by atoms with Crippen molar-refractivity contribution in [2.24, 2.45) is 23.7 Å². The predicted molar refractivity (Wildman–Crippen MR) is 144 cm³/mol. The quantitative estimate of drug-likeness (QED) is 0.357. The first-order valence-electron chi connectivity index (χ1n) is 14.9. The van der Waals surface area contributed by atoms with Gasteiger partial charge in [-0.1, -0.05) is 47.0 Å².